The maximum absolute atomic E-state index is 12.6. The monoisotopic (exact) mass is 339 g/mol. The summed E-state index contributed by atoms with van der Waals surface area (Å²) in [5.74, 6) is 0.0992. The highest BCUT2D eigenvalue weighted by Crippen LogP contribution is 2.18. The van der Waals surface area contributed by atoms with E-state index in [0.29, 0.717) is 24.6 Å². The fourth-order valence-electron chi connectivity index (χ4n) is 3.01. The van der Waals surface area contributed by atoms with E-state index in [1.54, 1.807) is 28.0 Å². The molecule has 1 atom stereocenters. The third-order valence-corrected chi connectivity index (χ3v) is 4.21. The van der Waals surface area contributed by atoms with Crippen molar-refractivity contribution in [1.29, 1.82) is 0 Å². The van der Waals surface area contributed by atoms with Crippen molar-refractivity contribution in [3.05, 3.63) is 48.6 Å². The van der Waals surface area contributed by atoms with Gasteiger partial charge in [0.25, 0.3) is 0 Å². The van der Waals surface area contributed by atoms with E-state index < -0.39 is 6.04 Å². The summed E-state index contributed by atoms with van der Waals surface area (Å²) < 4.78 is 7.25. The van der Waals surface area contributed by atoms with Gasteiger partial charge in [-0.05, 0) is 18.2 Å². The zero-order valence-electron chi connectivity index (χ0n) is 13.5. The molecule has 0 spiro atoms. The Hall–Kier alpha value is -3.16. The van der Waals surface area contributed by atoms with Gasteiger partial charge < -0.3 is 14.6 Å². The molecule has 3 heterocycles. The Bertz CT molecular complexity index is 869. The predicted molar refractivity (Wildman–Crippen MR) is 88.5 cm³/mol. The molecule has 1 fully saturated rings. The van der Waals surface area contributed by atoms with Crippen molar-refractivity contribution in [2.45, 2.75) is 19.0 Å². The van der Waals surface area contributed by atoms with Crippen LogP contribution >= 0.6 is 0 Å². The topological polar surface area (TPSA) is 93.3 Å². The molecule has 4 rings (SSSR count). The van der Waals surface area contributed by atoms with Gasteiger partial charge >= 0.3 is 0 Å². The quantitative estimate of drug-likeness (QED) is 0.751. The van der Waals surface area contributed by atoms with Gasteiger partial charge in [-0.2, -0.15) is 5.10 Å². The van der Waals surface area contributed by atoms with Gasteiger partial charge in [0.05, 0.1) is 6.42 Å². The summed E-state index contributed by atoms with van der Waals surface area (Å²) >= 11 is 0. The van der Waals surface area contributed by atoms with Crippen molar-refractivity contribution < 1.29 is 14.0 Å². The lowest BCUT2D eigenvalue weighted by Gasteiger charge is -2.34. The Morgan fingerprint density at radius 2 is 2.20 bits per heavy atom. The maximum Gasteiger partial charge on any atom is 0.245 e. The van der Waals surface area contributed by atoms with Crippen LogP contribution < -0.4 is 5.32 Å². The molecule has 2 aromatic heterocycles. The third-order valence-electron chi connectivity index (χ3n) is 4.21. The van der Waals surface area contributed by atoms with Gasteiger partial charge in [-0.15, -0.1) is 0 Å². The van der Waals surface area contributed by atoms with E-state index in [0.717, 1.165) is 5.52 Å². The molecular weight excluding hydrogens is 322 g/mol. The van der Waals surface area contributed by atoms with Crippen LogP contribution in [0.1, 0.15) is 5.89 Å². The summed E-state index contributed by atoms with van der Waals surface area (Å²) in [5.41, 5.74) is 1.41. The minimum absolute atomic E-state index is 0.102. The van der Waals surface area contributed by atoms with Crippen LogP contribution in [0, 0.1) is 0 Å². The predicted octanol–water partition coefficient (Wildman–Crippen LogP) is 0.594. The highest BCUT2D eigenvalue weighted by atomic mass is 16.3. The van der Waals surface area contributed by atoms with Gasteiger partial charge in [-0.1, -0.05) is 12.1 Å². The third kappa shape index (κ3) is 3.10. The lowest BCUT2D eigenvalue weighted by atomic mass is 10.1. The van der Waals surface area contributed by atoms with E-state index in [9.17, 15) is 9.59 Å². The molecular formula is C17H17N5O3. The molecule has 0 saturated carbocycles. The van der Waals surface area contributed by atoms with Crippen molar-refractivity contribution in [3.63, 3.8) is 0 Å². The first kappa shape index (κ1) is 15.4. The van der Waals surface area contributed by atoms with Crippen molar-refractivity contribution in [3.8, 4) is 0 Å². The molecule has 0 bridgehead atoms. The first-order valence-electron chi connectivity index (χ1n) is 8.10. The van der Waals surface area contributed by atoms with Crippen LogP contribution in [0.5, 0.6) is 0 Å². The minimum atomic E-state index is -0.634. The van der Waals surface area contributed by atoms with Gasteiger partial charge in [0.1, 0.15) is 18.1 Å². The summed E-state index contributed by atoms with van der Waals surface area (Å²) in [4.78, 5) is 30.9. The minimum Gasteiger partial charge on any atom is -0.441 e. The number of nitrogens with zero attached hydrogens (tertiary/aromatic N) is 4. The van der Waals surface area contributed by atoms with Gasteiger partial charge in [0.15, 0.2) is 11.5 Å². The highest BCUT2D eigenvalue weighted by Gasteiger charge is 2.34. The molecule has 0 radical (unpaired) electrons. The Kier molecular flexibility index (Phi) is 3.93. The zero-order valence-corrected chi connectivity index (χ0v) is 13.5. The first-order chi connectivity index (χ1) is 12.2. The van der Waals surface area contributed by atoms with E-state index >= 15 is 0 Å². The SMILES string of the molecule is O=C1NCCN(C(=O)Cn2cccn2)C1Cc1nc2ccccc2o1. The second kappa shape index (κ2) is 6.39. The number of nitrogens with one attached hydrogen (secondary N) is 1. The van der Waals surface area contributed by atoms with Crippen LogP contribution in [0.15, 0.2) is 47.1 Å². The fourth-order valence-corrected chi connectivity index (χ4v) is 3.01. The number of hydrogen-bond donors (Lipinski definition) is 1. The number of piperazine rings is 1. The van der Waals surface area contributed by atoms with Crippen LogP contribution in [0.4, 0.5) is 0 Å². The largest absolute Gasteiger partial charge is 0.441 e. The van der Waals surface area contributed by atoms with Gasteiger partial charge in [0.2, 0.25) is 11.8 Å². The first-order valence-corrected chi connectivity index (χ1v) is 8.10. The molecule has 1 aliphatic rings. The summed E-state index contributed by atoms with van der Waals surface area (Å²) in [6, 6.07) is 8.54. The van der Waals surface area contributed by atoms with E-state index in [1.807, 2.05) is 24.3 Å². The van der Waals surface area contributed by atoms with Crippen LogP contribution in [0.3, 0.4) is 0 Å². The average Bonchev–Trinajstić information content (AvgIpc) is 3.25. The second-order valence-corrected chi connectivity index (χ2v) is 5.88. The van der Waals surface area contributed by atoms with Crippen LogP contribution in [-0.4, -0.2) is 50.6 Å². The summed E-state index contributed by atoms with van der Waals surface area (Å²) in [6.45, 7) is 0.995. The fraction of sp³-hybridized carbons (Fsp3) is 0.294. The molecule has 1 unspecified atom stereocenters. The number of benzene rings is 1. The van der Waals surface area contributed by atoms with Crippen LogP contribution in [-0.2, 0) is 22.6 Å². The Morgan fingerprint density at radius 3 is 3.00 bits per heavy atom. The molecule has 8 nitrogen and oxygen atoms in total. The molecule has 1 N–H and O–H groups in total. The number of fused-ring (bicyclic) bond motifs is 1. The lowest BCUT2D eigenvalue weighted by Crippen LogP contribution is -2.58. The van der Waals surface area contributed by atoms with Crippen molar-refractivity contribution >= 4 is 22.9 Å². The molecule has 1 aliphatic heterocycles. The molecule has 2 amide bonds. The number of aromatic nitrogens is 3. The van der Waals surface area contributed by atoms with Crippen molar-refractivity contribution in [2.75, 3.05) is 13.1 Å². The van der Waals surface area contributed by atoms with Crippen LogP contribution in [0.25, 0.3) is 11.1 Å². The normalized spacial score (nSPS) is 17.7. The van der Waals surface area contributed by atoms with Crippen LogP contribution in [0.2, 0.25) is 0 Å². The smallest absolute Gasteiger partial charge is 0.245 e. The summed E-state index contributed by atoms with van der Waals surface area (Å²) in [6.07, 6.45) is 3.58. The zero-order chi connectivity index (χ0) is 17.2. The molecule has 8 heteroatoms. The second-order valence-electron chi connectivity index (χ2n) is 5.88. The molecule has 1 saturated heterocycles. The number of carbonyl (C=O) groups excluding carboxylic acids is 2. The van der Waals surface area contributed by atoms with E-state index in [4.69, 9.17) is 4.42 Å². The van der Waals surface area contributed by atoms with Crippen molar-refractivity contribution in [1.82, 2.24) is 25.0 Å². The van der Waals surface area contributed by atoms with E-state index in [2.05, 4.69) is 15.4 Å². The molecule has 0 aliphatic carbocycles. The highest BCUT2D eigenvalue weighted by molar-refractivity contribution is 5.89. The molecule has 1 aromatic carbocycles. The van der Waals surface area contributed by atoms with Gasteiger partial charge in [0, 0.05) is 25.5 Å². The van der Waals surface area contributed by atoms with E-state index in [-0.39, 0.29) is 24.8 Å². The van der Waals surface area contributed by atoms with Crippen molar-refractivity contribution in [2.24, 2.45) is 0 Å². The van der Waals surface area contributed by atoms with E-state index in [1.165, 1.54) is 0 Å². The van der Waals surface area contributed by atoms with Gasteiger partial charge in [-0.3, -0.25) is 14.3 Å². The summed E-state index contributed by atoms with van der Waals surface area (Å²) in [5, 5.41) is 6.85. The number of rotatable bonds is 4. The average molecular weight is 339 g/mol. The maximum atomic E-state index is 12.6. The standard InChI is InChI=1S/C17H17N5O3/c23-16(11-21-8-3-6-19-21)22-9-7-18-17(24)13(22)10-15-20-12-4-1-2-5-14(12)25-15/h1-6,8,13H,7,9-11H2,(H,18,24). The Morgan fingerprint density at radius 1 is 1.32 bits per heavy atom. The number of oxazole rings is 1. The number of carbonyl (C=O) groups is 2. The number of para-hydroxylation sites is 2. The molecule has 128 valence electrons. The molecule has 3 aromatic rings. The Labute approximate surface area is 143 Å². The number of hydrogen-bond acceptors (Lipinski definition) is 5. The molecule has 25 heavy (non-hydrogen) atoms. The number of amides is 2. The van der Waals surface area contributed by atoms with Gasteiger partial charge in [-0.25, -0.2) is 4.98 Å². The summed E-state index contributed by atoms with van der Waals surface area (Å²) in [7, 11) is 0. The Balaban J connectivity index is 1.55. The lowest BCUT2D eigenvalue weighted by molar-refractivity contribution is -0.143.